The smallest absolute Gasteiger partial charge is 0.214 e. The van der Waals surface area contributed by atoms with Crippen LogP contribution in [0.3, 0.4) is 0 Å². The number of rotatable bonds is 4. The minimum atomic E-state index is -0.275. The fourth-order valence-corrected chi connectivity index (χ4v) is 1.78. The second-order valence-corrected chi connectivity index (χ2v) is 4.24. The number of aromatic nitrogens is 1. The lowest BCUT2D eigenvalue weighted by molar-refractivity contribution is 0.287. The van der Waals surface area contributed by atoms with Gasteiger partial charge in [-0.15, -0.1) is 11.6 Å². The first-order chi connectivity index (χ1) is 8.69. The summed E-state index contributed by atoms with van der Waals surface area (Å²) in [5, 5.41) is 0. The molecule has 0 amide bonds. The molecule has 1 aromatic heterocycles. The van der Waals surface area contributed by atoms with Gasteiger partial charge < -0.3 is 4.74 Å². The number of ether oxygens (including phenoxy) is 1. The third-order valence-electron chi connectivity index (χ3n) is 2.48. The van der Waals surface area contributed by atoms with Gasteiger partial charge in [0.1, 0.15) is 12.4 Å². The Kier molecular flexibility index (Phi) is 4.15. The summed E-state index contributed by atoms with van der Waals surface area (Å²) in [4.78, 5) is 4.22. The highest BCUT2D eigenvalue weighted by atomic mass is 35.5. The van der Waals surface area contributed by atoms with Gasteiger partial charge in [0.2, 0.25) is 5.88 Å². The maximum atomic E-state index is 13.4. The van der Waals surface area contributed by atoms with E-state index < -0.39 is 0 Å². The van der Waals surface area contributed by atoms with Crippen molar-refractivity contribution in [3.8, 4) is 5.88 Å². The predicted octanol–water partition coefficient (Wildman–Crippen LogP) is 3.85. The summed E-state index contributed by atoms with van der Waals surface area (Å²) in [7, 11) is 0. The van der Waals surface area contributed by atoms with E-state index in [2.05, 4.69) is 4.98 Å². The molecule has 0 fully saturated rings. The Morgan fingerprint density at radius 3 is 2.78 bits per heavy atom. The monoisotopic (exact) mass is 265 g/mol. The van der Waals surface area contributed by atoms with Gasteiger partial charge in [0.05, 0.1) is 0 Å². The fourth-order valence-electron chi connectivity index (χ4n) is 1.63. The zero-order chi connectivity index (χ0) is 13.0. The van der Waals surface area contributed by atoms with Crippen LogP contribution in [0.25, 0.3) is 0 Å². The molecule has 0 unspecified atom stereocenters. The summed E-state index contributed by atoms with van der Waals surface area (Å²) in [6.07, 6.45) is 0. The molecular formula is C14H13ClFNO. The van der Waals surface area contributed by atoms with E-state index in [0.717, 1.165) is 11.3 Å². The predicted molar refractivity (Wildman–Crippen MR) is 69.3 cm³/mol. The van der Waals surface area contributed by atoms with E-state index >= 15 is 0 Å². The van der Waals surface area contributed by atoms with Crippen molar-refractivity contribution in [2.45, 2.75) is 19.4 Å². The lowest BCUT2D eigenvalue weighted by Crippen LogP contribution is -2.01. The molecule has 94 valence electrons. The first-order valence-electron chi connectivity index (χ1n) is 5.59. The summed E-state index contributed by atoms with van der Waals surface area (Å²) in [6.45, 7) is 2.02. The molecule has 0 saturated heterocycles. The Balaban J connectivity index is 2.11. The summed E-state index contributed by atoms with van der Waals surface area (Å²) in [5.41, 5.74) is 2.28. The molecule has 0 bridgehead atoms. The number of pyridine rings is 1. The average molecular weight is 266 g/mol. The SMILES string of the molecule is Cc1cc(CCl)cc(OCc2ccccc2F)n1. The second-order valence-electron chi connectivity index (χ2n) is 3.97. The quantitative estimate of drug-likeness (QED) is 0.784. The Morgan fingerprint density at radius 1 is 1.28 bits per heavy atom. The molecule has 0 radical (unpaired) electrons. The molecule has 0 saturated carbocycles. The molecule has 0 atom stereocenters. The number of alkyl halides is 1. The molecule has 2 aromatic rings. The first kappa shape index (κ1) is 12.8. The van der Waals surface area contributed by atoms with Crippen LogP contribution in [0.1, 0.15) is 16.8 Å². The summed E-state index contributed by atoms with van der Waals surface area (Å²) >= 11 is 5.77. The zero-order valence-corrected chi connectivity index (χ0v) is 10.7. The van der Waals surface area contributed by atoms with Crippen molar-refractivity contribution in [1.29, 1.82) is 0 Å². The molecule has 0 aliphatic rings. The van der Waals surface area contributed by atoms with Gasteiger partial charge in [-0.2, -0.15) is 0 Å². The van der Waals surface area contributed by atoms with Crippen LogP contribution in [0, 0.1) is 12.7 Å². The van der Waals surface area contributed by atoms with Crippen LogP contribution in [0.2, 0.25) is 0 Å². The number of benzene rings is 1. The van der Waals surface area contributed by atoms with E-state index in [1.54, 1.807) is 24.3 Å². The van der Waals surface area contributed by atoms with Crippen LogP contribution in [0.15, 0.2) is 36.4 Å². The maximum Gasteiger partial charge on any atom is 0.214 e. The molecule has 0 spiro atoms. The summed E-state index contributed by atoms with van der Waals surface area (Å²) in [5.74, 6) is 0.594. The number of aryl methyl sites for hydroxylation is 1. The summed E-state index contributed by atoms with van der Waals surface area (Å²) in [6, 6.07) is 10.2. The van der Waals surface area contributed by atoms with E-state index in [1.807, 2.05) is 13.0 Å². The van der Waals surface area contributed by atoms with Crippen molar-refractivity contribution in [3.05, 3.63) is 59.0 Å². The van der Waals surface area contributed by atoms with E-state index in [9.17, 15) is 4.39 Å². The average Bonchev–Trinajstić information content (AvgIpc) is 2.37. The standard InChI is InChI=1S/C14H13ClFNO/c1-10-6-11(8-15)7-14(17-10)18-9-12-4-2-3-5-13(12)16/h2-7H,8-9H2,1H3. The van der Waals surface area contributed by atoms with Gasteiger partial charge in [0, 0.05) is 23.2 Å². The van der Waals surface area contributed by atoms with Crippen molar-refractivity contribution in [1.82, 2.24) is 4.98 Å². The molecule has 0 aliphatic carbocycles. The first-order valence-corrected chi connectivity index (χ1v) is 6.12. The highest BCUT2D eigenvalue weighted by Gasteiger charge is 2.04. The molecule has 2 nitrogen and oxygen atoms in total. The Morgan fingerprint density at radius 2 is 2.06 bits per heavy atom. The van der Waals surface area contributed by atoms with Crippen molar-refractivity contribution in [3.63, 3.8) is 0 Å². The molecule has 1 heterocycles. The lowest BCUT2D eigenvalue weighted by atomic mass is 10.2. The highest BCUT2D eigenvalue weighted by Crippen LogP contribution is 2.16. The number of halogens is 2. The van der Waals surface area contributed by atoms with E-state index in [1.165, 1.54) is 6.07 Å². The molecule has 0 aliphatic heterocycles. The van der Waals surface area contributed by atoms with Gasteiger partial charge in [-0.1, -0.05) is 18.2 Å². The van der Waals surface area contributed by atoms with Crippen LogP contribution in [0.5, 0.6) is 5.88 Å². The highest BCUT2D eigenvalue weighted by molar-refractivity contribution is 6.17. The maximum absolute atomic E-state index is 13.4. The van der Waals surface area contributed by atoms with Crippen molar-refractivity contribution in [2.24, 2.45) is 0 Å². The Labute approximate surface area is 110 Å². The molecule has 4 heteroatoms. The van der Waals surface area contributed by atoms with Gasteiger partial charge in [-0.3, -0.25) is 0 Å². The minimum absolute atomic E-state index is 0.158. The van der Waals surface area contributed by atoms with E-state index in [0.29, 0.717) is 17.3 Å². The van der Waals surface area contributed by atoms with Gasteiger partial charge in [0.15, 0.2) is 0 Å². The number of hydrogen-bond acceptors (Lipinski definition) is 2. The third kappa shape index (κ3) is 3.20. The number of nitrogens with zero attached hydrogens (tertiary/aromatic N) is 1. The van der Waals surface area contributed by atoms with E-state index in [-0.39, 0.29) is 12.4 Å². The van der Waals surface area contributed by atoms with Crippen molar-refractivity contribution >= 4 is 11.6 Å². The van der Waals surface area contributed by atoms with Gasteiger partial charge in [-0.25, -0.2) is 9.37 Å². The van der Waals surface area contributed by atoms with Crippen LogP contribution >= 0.6 is 11.6 Å². The Hall–Kier alpha value is -1.61. The zero-order valence-electron chi connectivity index (χ0n) is 9.99. The van der Waals surface area contributed by atoms with Crippen LogP contribution in [0.4, 0.5) is 4.39 Å². The normalized spacial score (nSPS) is 10.4. The van der Waals surface area contributed by atoms with Crippen LogP contribution in [-0.4, -0.2) is 4.98 Å². The minimum Gasteiger partial charge on any atom is -0.473 e. The molecule has 18 heavy (non-hydrogen) atoms. The number of hydrogen-bond donors (Lipinski definition) is 0. The van der Waals surface area contributed by atoms with Crippen LogP contribution in [-0.2, 0) is 12.5 Å². The molecular weight excluding hydrogens is 253 g/mol. The lowest BCUT2D eigenvalue weighted by Gasteiger charge is -2.08. The van der Waals surface area contributed by atoms with Crippen LogP contribution < -0.4 is 4.74 Å². The molecule has 2 rings (SSSR count). The van der Waals surface area contributed by atoms with Crippen molar-refractivity contribution < 1.29 is 9.13 Å². The second kappa shape index (κ2) is 5.83. The molecule has 0 N–H and O–H groups in total. The summed E-state index contributed by atoms with van der Waals surface area (Å²) < 4.78 is 18.9. The largest absolute Gasteiger partial charge is 0.473 e. The third-order valence-corrected chi connectivity index (χ3v) is 2.79. The van der Waals surface area contributed by atoms with Gasteiger partial charge in [-0.05, 0) is 24.6 Å². The fraction of sp³-hybridized carbons (Fsp3) is 0.214. The van der Waals surface area contributed by atoms with Crippen molar-refractivity contribution in [2.75, 3.05) is 0 Å². The topological polar surface area (TPSA) is 22.1 Å². The molecule has 1 aromatic carbocycles. The van der Waals surface area contributed by atoms with Gasteiger partial charge in [0.25, 0.3) is 0 Å². The Bertz CT molecular complexity index is 545. The van der Waals surface area contributed by atoms with Gasteiger partial charge >= 0.3 is 0 Å². The van der Waals surface area contributed by atoms with E-state index in [4.69, 9.17) is 16.3 Å².